The van der Waals surface area contributed by atoms with Crippen LogP contribution in [0.2, 0.25) is 0 Å². The molecule has 8 heteroatoms. The van der Waals surface area contributed by atoms with Crippen molar-refractivity contribution in [2.24, 2.45) is 0 Å². The molecule has 0 unspecified atom stereocenters. The number of nitrogens with zero attached hydrogens (tertiary/aromatic N) is 2. The summed E-state index contributed by atoms with van der Waals surface area (Å²) in [6.07, 6.45) is 2.38. The molecular weight excluding hydrogens is 246 g/mol. The highest BCUT2D eigenvalue weighted by Gasteiger charge is 2.36. The van der Waals surface area contributed by atoms with Gasteiger partial charge in [0.2, 0.25) is 0 Å². The first-order valence-electron chi connectivity index (χ1n) is 4.88. The Morgan fingerprint density at radius 1 is 1.53 bits per heavy atom. The molecule has 96 valence electrons. The van der Waals surface area contributed by atoms with Crippen LogP contribution in [0.25, 0.3) is 0 Å². The molecule has 1 heterocycles. The van der Waals surface area contributed by atoms with Gasteiger partial charge < -0.3 is 10.1 Å². The highest BCUT2D eigenvalue weighted by molar-refractivity contribution is 7.89. The number of H-pyrrole nitrogens is 1. The lowest BCUT2D eigenvalue weighted by Gasteiger charge is -2.32. The zero-order valence-corrected chi connectivity index (χ0v) is 10.7. The number of hydrogen-bond donors (Lipinski definition) is 2. The number of aliphatic carboxylic acids is 1. The van der Waals surface area contributed by atoms with E-state index in [0.29, 0.717) is 0 Å². The molecule has 2 N–H and O–H groups in total. The fourth-order valence-corrected chi connectivity index (χ4v) is 2.94. The maximum Gasteiger partial charge on any atom is 0.318 e. The number of carboxylic acid groups (broad SMARTS) is 1. The van der Waals surface area contributed by atoms with E-state index in [-0.39, 0.29) is 5.03 Å². The van der Waals surface area contributed by atoms with Crippen LogP contribution < -0.4 is 0 Å². The highest BCUT2D eigenvalue weighted by Crippen LogP contribution is 2.22. The van der Waals surface area contributed by atoms with E-state index in [4.69, 9.17) is 5.11 Å². The molecule has 7 nitrogen and oxygen atoms in total. The van der Waals surface area contributed by atoms with Crippen LogP contribution >= 0.6 is 0 Å². The van der Waals surface area contributed by atoms with Crippen molar-refractivity contribution in [3.63, 3.8) is 0 Å². The van der Waals surface area contributed by atoms with E-state index in [1.54, 1.807) is 20.8 Å². The van der Waals surface area contributed by atoms with Gasteiger partial charge in [0, 0.05) is 5.54 Å². The maximum absolute atomic E-state index is 12.2. The lowest BCUT2D eigenvalue weighted by Crippen LogP contribution is -2.48. The number of imidazole rings is 1. The number of rotatable bonds is 4. The summed E-state index contributed by atoms with van der Waals surface area (Å²) < 4.78 is 25.2. The number of nitrogens with one attached hydrogen (secondary N) is 1. The normalized spacial score (nSPS) is 12.9. The minimum Gasteiger partial charge on any atom is -0.480 e. The second-order valence-corrected chi connectivity index (χ2v) is 6.32. The van der Waals surface area contributed by atoms with Crippen LogP contribution in [0.4, 0.5) is 0 Å². The average Bonchev–Trinajstić information content (AvgIpc) is 2.64. The van der Waals surface area contributed by atoms with Gasteiger partial charge in [-0.15, -0.1) is 0 Å². The summed E-state index contributed by atoms with van der Waals surface area (Å²) in [7, 11) is -3.88. The quantitative estimate of drug-likeness (QED) is 0.810. The Hall–Kier alpha value is -1.41. The van der Waals surface area contributed by atoms with Crippen LogP contribution in [0, 0.1) is 0 Å². The summed E-state index contributed by atoms with van der Waals surface area (Å²) in [5, 5.41) is 8.66. The lowest BCUT2D eigenvalue weighted by atomic mass is 10.1. The van der Waals surface area contributed by atoms with Crippen molar-refractivity contribution in [3.05, 3.63) is 12.5 Å². The summed E-state index contributed by atoms with van der Waals surface area (Å²) in [4.78, 5) is 16.8. The number of aromatic amines is 1. The first-order chi connectivity index (χ1) is 7.65. The summed E-state index contributed by atoms with van der Waals surface area (Å²) in [6, 6.07) is 0. The number of carboxylic acids is 1. The van der Waals surface area contributed by atoms with Crippen LogP contribution in [0.3, 0.4) is 0 Å². The van der Waals surface area contributed by atoms with Crippen molar-refractivity contribution in [3.8, 4) is 0 Å². The van der Waals surface area contributed by atoms with E-state index >= 15 is 0 Å². The SMILES string of the molecule is CC(C)(C)N(CC(=O)O)S(=O)(=O)c1cnc[nH]1. The van der Waals surface area contributed by atoms with Gasteiger partial charge in [-0.1, -0.05) is 0 Å². The van der Waals surface area contributed by atoms with Gasteiger partial charge >= 0.3 is 5.97 Å². The average molecular weight is 261 g/mol. The molecule has 0 bridgehead atoms. The van der Waals surface area contributed by atoms with E-state index in [1.807, 2.05) is 0 Å². The largest absolute Gasteiger partial charge is 0.480 e. The van der Waals surface area contributed by atoms with Crippen molar-refractivity contribution >= 4 is 16.0 Å². The number of aromatic nitrogens is 2. The Balaban J connectivity index is 3.20. The minimum absolute atomic E-state index is 0.117. The standard InChI is InChI=1S/C9H15N3O4S/c1-9(2,3)12(5-8(13)14)17(15,16)7-4-10-6-11-7/h4,6H,5H2,1-3H3,(H,10,11)(H,13,14). The molecule has 17 heavy (non-hydrogen) atoms. The van der Waals surface area contributed by atoms with E-state index in [1.165, 1.54) is 6.33 Å². The van der Waals surface area contributed by atoms with Crippen LogP contribution in [0.15, 0.2) is 17.6 Å². The number of carbonyl (C=O) groups is 1. The van der Waals surface area contributed by atoms with E-state index in [2.05, 4.69) is 9.97 Å². The molecule has 0 aliphatic rings. The van der Waals surface area contributed by atoms with Crippen LogP contribution in [0.5, 0.6) is 0 Å². The van der Waals surface area contributed by atoms with Gasteiger partial charge in [-0.3, -0.25) is 4.79 Å². The molecule has 0 amide bonds. The Labute approximate surface area is 99.5 Å². The minimum atomic E-state index is -3.88. The smallest absolute Gasteiger partial charge is 0.318 e. The summed E-state index contributed by atoms with van der Waals surface area (Å²) in [5.41, 5.74) is -0.831. The predicted molar refractivity (Wildman–Crippen MR) is 59.9 cm³/mol. The molecule has 0 atom stereocenters. The molecule has 0 aromatic carbocycles. The molecule has 1 aromatic heterocycles. The Morgan fingerprint density at radius 2 is 2.12 bits per heavy atom. The van der Waals surface area contributed by atoms with Crippen molar-refractivity contribution in [1.82, 2.24) is 14.3 Å². The Bertz CT molecular complexity index is 487. The molecular formula is C9H15N3O4S. The summed E-state index contributed by atoms with van der Waals surface area (Å²) in [5.74, 6) is -1.21. The van der Waals surface area contributed by atoms with E-state index in [0.717, 1.165) is 10.5 Å². The first kappa shape index (κ1) is 13.7. The second-order valence-electron chi connectivity index (χ2n) is 4.49. The third-order valence-electron chi connectivity index (χ3n) is 2.07. The fraction of sp³-hybridized carbons (Fsp3) is 0.556. The zero-order chi connectivity index (χ0) is 13.3. The number of sulfonamides is 1. The third kappa shape index (κ3) is 3.04. The van der Waals surface area contributed by atoms with Crippen LogP contribution in [-0.4, -0.2) is 45.9 Å². The van der Waals surface area contributed by atoms with Crippen LogP contribution in [-0.2, 0) is 14.8 Å². The third-order valence-corrected chi connectivity index (χ3v) is 4.10. The van der Waals surface area contributed by atoms with Crippen molar-refractivity contribution in [1.29, 1.82) is 0 Å². The van der Waals surface area contributed by atoms with Gasteiger partial charge in [0.25, 0.3) is 10.0 Å². The maximum atomic E-state index is 12.2. The molecule has 0 fully saturated rings. The van der Waals surface area contributed by atoms with E-state index < -0.39 is 28.1 Å². The molecule has 0 radical (unpaired) electrons. The van der Waals surface area contributed by atoms with Gasteiger partial charge in [0.05, 0.1) is 12.5 Å². The number of hydrogen-bond acceptors (Lipinski definition) is 4. The topological polar surface area (TPSA) is 103 Å². The fourth-order valence-electron chi connectivity index (χ4n) is 1.31. The van der Waals surface area contributed by atoms with Crippen molar-refractivity contribution in [2.75, 3.05) is 6.54 Å². The molecule has 1 aromatic rings. The summed E-state index contributed by atoms with van der Waals surface area (Å²) in [6.45, 7) is 4.29. The molecule has 0 spiro atoms. The Kier molecular flexibility index (Phi) is 3.58. The van der Waals surface area contributed by atoms with Gasteiger partial charge in [0.1, 0.15) is 6.54 Å². The first-order valence-corrected chi connectivity index (χ1v) is 6.32. The Morgan fingerprint density at radius 3 is 2.47 bits per heavy atom. The van der Waals surface area contributed by atoms with E-state index in [9.17, 15) is 13.2 Å². The zero-order valence-electron chi connectivity index (χ0n) is 9.84. The molecule has 0 aliphatic carbocycles. The van der Waals surface area contributed by atoms with Crippen molar-refractivity contribution in [2.45, 2.75) is 31.3 Å². The summed E-state index contributed by atoms with van der Waals surface area (Å²) >= 11 is 0. The molecule has 0 aliphatic heterocycles. The lowest BCUT2D eigenvalue weighted by molar-refractivity contribution is -0.138. The van der Waals surface area contributed by atoms with Crippen LogP contribution in [0.1, 0.15) is 20.8 Å². The van der Waals surface area contributed by atoms with Crippen molar-refractivity contribution < 1.29 is 18.3 Å². The van der Waals surface area contributed by atoms with Gasteiger partial charge in [0.15, 0.2) is 5.03 Å². The predicted octanol–water partition coefficient (Wildman–Crippen LogP) is 0.283. The van der Waals surface area contributed by atoms with Gasteiger partial charge in [-0.2, -0.15) is 4.31 Å². The highest BCUT2D eigenvalue weighted by atomic mass is 32.2. The molecule has 1 rings (SSSR count). The second kappa shape index (κ2) is 4.46. The monoisotopic (exact) mass is 261 g/mol. The molecule has 0 saturated heterocycles. The van der Waals surface area contributed by atoms with Gasteiger partial charge in [-0.25, -0.2) is 13.4 Å². The molecule has 0 saturated carbocycles. The van der Waals surface area contributed by atoms with Gasteiger partial charge in [-0.05, 0) is 20.8 Å².